The molecule has 0 aromatic carbocycles. The van der Waals surface area contributed by atoms with Crippen molar-refractivity contribution in [1.29, 1.82) is 0 Å². The first-order valence-corrected chi connectivity index (χ1v) is 8.40. The van der Waals surface area contributed by atoms with Gasteiger partial charge in [0.25, 0.3) is 0 Å². The van der Waals surface area contributed by atoms with Gasteiger partial charge in [0, 0.05) is 17.4 Å². The molecule has 0 unspecified atom stereocenters. The molecule has 7 heteroatoms. The molecule has 1 heterocycles. The van der Waals surface area contributed by atoms with Crippen molar-refractivity contribution in [3.8, 4) is 0 Å². The van der Waals surface area contributed by atoms with Gasteiger partial charge >= 0.3 is 5.97 Å². The van der Waals surface area contributed by atoms with E-state index >= 15 is 0 Å². The van der Waals surface area contributed by atoms with Gasteiger partial charge < -0.3 is 10.4 Å². The van der Waals surface area contributed by atoms with Crippen LogP contribution in [-0.4, -0.2) is 38.7 Å². The second-order valence-electron chi connectivity index (χ2n) is 5.68. The van der Waals surface area contributed by atoms with Crippen LogP contribution in [0.3, 0.4) is 0 Å². The van der Waals surface area contributed by atoms with Crippen LogP contribution in [0.2, 0.25) is 0 Å². The Bertz CT molecular complexity index is 537. The zero-order valence-electron chi connectivity index (χ0n) is 12.8. The Kier molecular flexibility index (Phi) is 5.76. The SMILES string of the molecule is Cc1cc(C)nc(SCC(=O)NC2CCC(C(=O)O)CC2)n1. The molecule has 2 N–H and O–H groups in total. The Labute approximate surface area is 134 Å². The quantitative estimate of drug-likeness (QED) is 0.635. The number of aryl methyl sites for hydroxylation is 2. The second-order valence-corrected chi connectivity index (χ2v) is 6.62. The molecular formula is C15H21N3O3S. The first-order chi connectivity index (χ1) is 10.4. The Morgan fingerprint density at radius 1 is 1.23 bits per heavy atom. The molecule has 1 fully saturated rings. The number of nitrogens with one attached hydrogen (secondary N) is 1. The van der Waals surface area contributed by atoms with Crippen LogP contribution in [0.4, 0.5) is 0 Å². The Morgan fingerprint density at radius 3 is 2.36 bits per heavy atom. The lowest BCUT2D eigenvalue weighted by atomic mass is 9.86. The summed E-state index contributed by atoms with van der Waals surface area (Å²) in [5.74, 6) is -0.757. The third-order valence-corrected chi connectivity index (χ3v) is 4.58. The lowest BCUT2D eigenvalue weighted by Crippen LogP contribution is -2.39. The lowest BCUT2D eigenvalue weighted by molar-refractivity contribution is -0.142. The molecule has 1 saturated carbocycles. The van der Waals surface area contributed by atoms with Gasteiger partial charge in [0.2, 0.25) is 5.91 Å². The first-order valence-electron chi connectivity index (χ1n) is 7.41. The van der Waals surface area contributed by atoms with Crippen molar-refractivity contribution in [2.45, 2.75) is 50.7 Å². The van der Waals surface area contributed by atoms with Crippen LogP contribution >= 0.6 is 11.8 Å². The van der Waals surface area contributed by atoms with Gasteiger partial charge in [-0.05, 0) is 45.6 Å². The average molecular weight is 323 g/mol. The molecule has 120 valence electrons. The minimum Gasteiger partial charge on any atom is -0.481 e. The van der Waals surface area contributed by atoms with Gasteiger partial charge in [-0.1, -0.05) is 11.8 Å². The minimum atomic E-state index is -0.729. The maximum Gasteiger partial charge on any atom is 0.306 e. The number of carboxylic acids is 1. The van der Waals surface area contributed by atoms with Crippen molar-refractivity contribution in [2.24, 2.45) is 5.92 Å². The lowest BCUT2D eigenvalue weighted by Gasteiger charge is -2.26. The largest absolute Gasteiger partial charge is 0.481 e. The monoisotopic (exact) mass is 323 g/mol. The van der Waals surface area contributed by atoms with Gasteiger partial charge in [0.15, 0.2) is 5.16 Å². The first kappa shape index (κ1) is 16.7. The standard InChI is InChI=1S/C15H21N3O3S/c1-9-7-10(2)17-15(16-9)22-8-13(19)18-12-5-3-11(4-6-12)14(20)21/h7,11-12H,3-6,8H2,1-2H3,(H,18,19)(H,20,21). The number of hydrogen-bond donors (Lipinski definition) is 2. The van der Waals surface area contributed by atoms with E-state index < -0.39 is 5.97 Å². The summed E-state index contributed by atoms with van der Waals surface area (Å²) >= 11 is 1.32. The maximum absolute atomic E-state index is 12.0. The molecule has 0 saturated heterocycles. The highest BCUT2D eigenvalue weighted by molar-refractivity contribution is 7.99. The molecule has 0 aliphatic heterocycles. The summed E-state index contributed by atoms with van der Waals surface area (Å²) < 4.78 is 0. The summed E-state index contributed by atoms with van der Waals surface area (Å²) in [5.41, 5.74) is 1.78. The van der Waals surface area contributed by atoms with Crippen molar-refractivity contribution in [1.82, 2.24) is 15.3 Å². The van der Waals surface area contributed by atoms with Crippen molar-refractivity contribution in [3.05, 3.63) is 17.5 Å². The zero-order chi connectivity index (χ0) is 16.1. The third kappa shape index (κ3) is 4.98. The normalized spacial score (nSPS) is 21.4. The van der Waals surface area contributed by atoms with E-state index in [1.165, 1.54) is 11.8 Å². The van der Waals surface area contributed by atoms with Gasteiger partial charge in [-0.25, -0.2) is 9.97 Å². The van der Waals surface area contributed by atoms with Crippen LogP contribution in [0.1, 0.15) is 37.1 Å². The van der Waals surface area contributed by atoms with Crippen LogP contribution in [0, 0.1) is 19.8 Å². The van der Waals surface area contributed by atoms with E-state index in [1.54, 1.807) is 0 Å². The van der Waals surface area contributed by atoms with E-state index in [0.29, 0.717) is 18.0 Å². The summed E-state index contributed by atoms with van der Waals surface area (Å²) in [6.45, 7) is 3.80. The van der Waals surface area contributed by atoms with Gasteiger partial charge in [0.1, 0.15) is 0 Å². The molecular weight excluding hydrogens is 302 g/mol. The van der Waals surface area contributed by atoms with Crippen molar-refractivity contribution in [2.75, 3.05) is 5.75 Å². The van der Waals surface area contributed by atoms with Gasteiger partial charge in [-0.15, -0.1) is 0 Å². The Hall–Kier alpha value is -1.63. The zero-order valence-corrected chi connectivity index (χ0v) is 13.7. The molecule has 22 heavy (non-hydrogen) atoms. The van der Waals surface area contributed by atoms with Crippen LogP contribution in [-0.2, 0) is 9.59 Å². The van der Waals surface area contributed by atoms with E-state index in [9.17, 15) is 9.59 Å². The van der Waals surface area contributed by atoms with Crippen LogP contribution in [0.25, 0.3) is 0 Å². The number of hydrogen-bond acceptors (Lipinski definition) is 5. The number of aromatic nitrogens is 2. The maximum atomic E-state index is 12.0. The Morgan fingerprint density at radius 2 is 1.82 bits per heavy atom. The van der Waals surface area contributed by atoms with Crippen LogP contribution < -0.4 is 5.32 Å². The molecule has 0 bridgehead atoms. The molecule has 1 aliphatic rings. The number of amides is 1. The molecule has 1 aromatic heterocycles. The number of nitrogens with zero attached hydrogens (tertiary/aromatic N) is 2. The Balaban J connectivity index is 1.75. The fourth-order valence-corrected chi connectivity index (χ4v) is 3.40. The number of carboxylic acid groups (broad SMARTS) is 1. The highest BCUT2D eigenvalue weighted by Gasteiger charge is 2.26. The third-order valence-electron chi connectivity index (χ3n) is 3.74. The molecule has 0 spiro atoms. The van der Waals surface area contributed by atoms with E-state index in [4.69, 9.17) is 5.11 Å². The molecule has 0 radical (unpaired) electrons. The second kappa shape index (κ2) is 7.58. The topological polar surface area (TPSA) is 92.2 Å². The average Bonchev–Trinajstić information content (AvgIpc) is 2.45. The van der Waals surface area contributed by atoms with E-state index in [2.05, 4.69) is 15.3 Å². The number of carbonyl (C=O) groups excluding carboxylic acids is 1. The highest BCUT2D eigenvalue weighted by atomic mass is 32.2. The summed E-state index contributed by atoms with van der Waals surface area (Å²) in [5, 5.41) is 12.5. The molecule has 2 rings (SSSR count). The predicted octanol–water partition coefficient (Wildman–Crippen LogP) is 1.95. The summed E-state index contributed by atoms with van der Waals surface area (Å²) in [6.07, 6.45) is 2.72. The fraction of sp³-hybridized carbons (Fsp3) is 0.600. The van der Waals surface area contributed by atoms with E-state index in [-0.39, 0.29) is 23.6 Å². The summed E-state index contributed by atoms with van der Waals surface area (Å²) in [7, 11) is 0. The predicted molar refractivity (Wildman–Crippen MR) is 83.8 cm³/mol. The van der Waals surface area contributed by atoms with Crippen LogP contribution in [0.15, 0.2) is 11.2 Å². The number of thioether (sulfide) groups is 1. The van der Waals surface area contributed by atoms with Crippen LogP contribution in [0.5, 0.6) is 0 Å². The minimum absolute atomic E-state index is 0.0495. The van der Waals surface area contributed by atoms with Crippen molar-refractivity contribution >= 4 is 23.6 Å². The van der Waals surface area contributed by atoms with E-state index in [0.717, 1.165) is 24.2 Å². The number of rotatable bonds is 5. The van der Waals surface area contributed by atoms with Crippen molar-refractivity contribution in [3.63, 3.8) is 0 Å². The number of aliphatic carboxylic acids is 1. The van der Waals surface area contributed by atoms with Gasteiger partial charge in [-0.2, -0.15) is 0 Å². The molecule has 1 aromatic rings. The van der Waals surface area contributed by atoms with E-state index in [1.807, 2.05) is 19.9 Å². The molecule has 6 nitrogen and oxygen atoms in total. The summed E-state index contributed by atoms with van der Waals surface area (Å²) in [6, 6.07) is 1.98. The molecule has 0 atom stereocenters. The van der Waals surface area contributed by atoms with Gasteiger partial charge in [-0.3, -0.25) is 9.59 Å². The number of carbonyl (C=O) groups is 2. The highest BCUT2D eigenvalue weighted by Crippen LogP contribution is 2.24. The van der Waals surface area contributed by atoms with Gasteiger partial charge in [0.05, 0.1) is 11.7 Å². The fourth-order valence-electron chi connectivity index (χ4n) is 2.64. The molecule has 1 aliphatic carbocycles. The smallest absolute Gasteiger partial charge is 0.306 e. The molecule has 1 amide bonds. The van der Waals surface area contributed by atoms with Crippen molar-refractivity contribution < 1.29 is 14.7 Å². The summed E-state index contributed by atoms with van der Waals surface area (Å²) in [4.78, 5) is 31.4.